The molecule has 8 N–H and O–H groups in total. The van der Waals surface area contributed by atoms with E-state index < -0.39 is 52.0 Å². The number of sulfone groups is 1. The van der Waals surface area contributed by atoms with Crippen LogP contribution >= 0.6 is 0 Å². The average molecular weight is 421 g/mol. The maximum Gasteiger partial charge on any atom is 0.278 e. The molecule has 1 aliphatic carbocycles. The van der Waals surface area contributed by atoms with Gasteiger partial charge in [0.25, 0.3) is 5.91 Å². The molecule has 0 aromatic carbocycles. The van der Waals surface area contributed by atoms with Crippen molar-refractivity contribution in [3.8, 4) is 0 Å². The lowest BCUT2D eigenvalue weighted by molar-refractivity contribution is -0.646. The van der Waals surface area contributed by atoms with Crippen LogP contribution in [0.2, 0.25) is 0 Å². The van der Waals surface area contributed by atoms with Crippen LogP contribution in [-0.2, 0) is 24.2 Å². The van der Waals surface area contributed by atoms with Gasteiger partial charge in [-0.3, -0.25) is 14.4 Å². The van der Waals surface area contributed by atoms with E-state index in [0.717, 1.165) is 6.26 Å². The molecule has 0 unspecified atom stereocenters. The van der Waals surface area contributed by atoms with Crippen LogP contribution in [0.25, 0.3) is 0 Å². The van der Waals surface area contributed by atoms with Crippen LogP contribution in [0.4, 0.5) is 0 Å². The Morgan fingerprint density at radius 2 is 1.96 bits per heavy atom. The lowest BCUT2D eigenvalue weighted by atomic mass is 9.89. The van der Waals surface area contributed by atoms with Crippen LogP contribution < -0.4 is 21.7 Å². The monoisotopic (exact) mass is 421 g/mol. The van der Waals surface area contributed by atoms with E-state index in [1.165, 1.54) is 6.08 Å². The molecule has 0 fully saturated rings. The van der Waals surface area contributed by atoms with E-state index in [2.05, 4.69) is 10.6 Å². The topological polar surface area (TPSA) is 192 Å². The minimum absolute atomic E-state index is 0.0434. The van der Waals surface area contributed by atoms with Crippen molar-refractivity contribution in [3.63, 3.8) is 0 Å². The van der Waals surface area contributed by atoms with Gasteiger partial charge in [-0.2, -0.15) is 0 Å². The van der Waals surface area contributed by atoms with Crippen molar-refractivity contribution in [2.45, 2.75) is 50.1 Å². The summed E-state index contributed by atoms with van der Waals surface area (Å²) < 4.78 is 22.5. The first-order chi connectivity index (χ1) is 12.9. The Hall–Kier alpha value is -2.02. The molecule has 0 saturated carbocycles. The van der Waals surface area contributed by atoms with Crippen molar-refractivity contribution in [1.82, 2.24) is 10.6 Å². The zero-order chi connectivity index (χ0) is 21.6. The van der Waals surface area contributed by atoms with E-state index in [-0.39, 0.29) is 30.1 Å². The third-order valence-electron chi connectivity index (χ3n) is 4.51. The van der Waals surface area contributed by atoms with Gasteiger partial charge in [-0.25, -0.2) is 8.42 Å². The first kappa shape index (κ1) is 24.0. The molecule has 160 valence electrons. The second kappa shape index (κ2) is 9.96. The Morgan fingerprint density at radius 3 is 2.46 bits per heavy atom. The predicted molar refractivity (Wildman–Crippen MR) is 99.4 cm³/mol. The van der Waals surface area contributed by atoms with Crippen molar-refractivity contribution in [2.24, 2.45) is 5.73 Å². The number of likely N-dealkylation sites (N-methyl/N-ethyl adjacent to an activating group) is 1. The minimum Gasteiger partial charge on any atom is -0.390 e. The number of nitrogens with two attached hydrogens (primary N) is 2. The number of aliphatic hydroxyl groups is 2. The maximum absolute atomic E-state index is 12.5. The molecule has 1 aliphatic rings. The standard InChI is InChI=1S/C16H28N4O7S/c1-8(18-2)15(24)20-11-6-9(7-12(21)13(11)22)16(25)19-10(14(17)23)4-5-28(3,26)27/h6,8,10-13,18,21-22H,4-5,7H2,1-3H3,(H2,17,23)(H,19,25)(H,20,24)/p+1/t8-,10-,11+,12+,13+/m0/s1. The van der Waals surface area contributed by atoms with Gasteiger partial charge in [-0.15, -0.1) is 0 Å². The molecule has 3 amide bonds. The zero-order valence-electron chi connectivity index (χ0n) is 16.1. The fourth-order valence-corrected chi connectivity index (χ4v) is 3.24. The number of quaternary nitrogens is 1. The smallest absolute Gasteiger partial charge is 0.278 e. The van der Waals surface area contributed by atoms with Crippen molar-refractivity contribution in [3.05, 3.63) is 11.6 Å². The molecule has 5 atom stereocenters. The van der Waals surface area contributed by atoms with Crippen LogP contribution in [0.1, 0.15) is 19.8 Å². The summed E-state index contributed by atoms with van der Waals surface area (Å²) in [5.74, 6) is -2.37. The highest BCUT2D eigenvalue weighted by molar-refractivity contribution is 7.90. The first-order valence-electron chi connectivity index (χ1n) is 8.80. The number of carbonyl (C=O) groups excluding carboxylic acids is 3. The molecular weight excluding hydrogens is 392 g/mol. The second-order valence-electron chi connectivity index (χ2n) is 6.96. The molecule has 0 aromatic heterocycles. The normalized spacial score (nSPS) is 24.6. The fourth-order valence-electron chi connectivity index (χ4n) is 2.58. The molecule has 0 aromatic rings. The Kier molecular flexibility index (Phi) is 8.54. The largest absolute Gasteiger partial charge is 0.390 e. The predicted octanol–water partition coefficient (Wildman–Crippen LogP) is -4.49. The van der Waals surface area contributed by atoms with Gasteiger partial charge in [-0.05, 0) is 13.3 Å². The number of amides is 3. The summed E-state index contributed by atoms with van der Waals surface area (Å²) in [5, 5.41) is 26.7. The molecule has 0 saturated heterocycles. The van der Waals surface area contributed by atoms with Crippen molar-refractivity contribution >= 4 is 27.6 Å². The molecule has 0 radical (unpaired) electrons. The van der Waals surface area contributed by atoms with Gasteiger partial charge in [0.1, 0.15) is 22.0 Å². The Balaban J connectivity index is 2.92. The third-order valence-corrected chi connectivity index (χ3v) is 5.49. The van der Waals surface area contributed by atoms with Gasteiger partial charge >= 0.3 is 0 Å². The van der Waals surface area contributed by atoms with Crippen molar-refractivity contribution in [1.29, 1.82) is 0 Å². The molecule has 0 bridgehead atoms. The van der Waals surface area contributed by atoms with Gasteiger partial charge in [0.05, 0.1) is 24.9 Å². The van der Waals surface area contributed by atoms with Crippen LogP contribution in [0.5, 0.6) is 0 Å². The zero-order valence-corrected chi connectivity index (χ0v) is 16.9. The Bertz CT molecular complexity index is 737. The summed E-state index contributed by atoms with van der Waals surface area (Å²) in [6.45, 7) is 1.65. The molecule has 0 heterocycles. The van der Waals surface area contributed by atoms with E-state index >= 15 is 0 Å². The van der Waals surface area contributed by atoms with E-state index in [1.54, 1.807) is 19.3 Å². The van der Waals surface area contributed by atoms with Crippen LogP contribution in [0.15, 0.2) is 11.6 Å². The minimum atomic E-state index is -3.36. The summed E-state index contributed by atoms with van der Waals surface area (Å²) >= 11 is 0. The highest BCUT2D eigenvalue weighted by Crippen LogP contribution is 2.20. The summed E-state index contributed by atoms with van der Waals surface area (Å²) in [5.41, 5.74) is 5.26. The van der Waals surface area contributed by atoms with Gasteiger partial charge in [-0.1, -0.05) is 6.08 Å². The number of hydrogen-bond acceptors (Lipinski definition) is 7. The highest BCUT2D eigenvalue weighted by atomic mass is 32.2. The Morgan fingerprint density at radius 1 is 1.36 bits per heavy atom. The number of hydrogen-bond donors (Lipinski definition) is 6. The molecule has 11 nitrogen and oxygen atoms in total. The molecule has 0 spiro atoms. The number of primary amides is 1. The van der Waals surface area contributed by atoms with E-state index in [0.29, 0.717) is 0 Å². The third kappa shape index (κ3) is 7.19. The number of rotatable bonds is 9. The van der Waals surface area contributed by atoms with Crippen LogP contribution in [0, 0.1) is 0 Å². The highest BCUT2D eigenvalue weighted by Gasteiger charge is 2.35. The molecule has 0 aliphatic heterocycles. The first-order valence-corrected chi connectivity index (χ1v) is 10.9. The van der Waals surface area contributed by atoms with Gasteiger partial charge in [0.15, 0.2) is 6.04 Å². The second-order valence-corrected chi connectivity index (χ2v) is 9.22. The molecule has 28 heavy (non-hydrogen) atoms. The van der Waals surface area contributed by atoms with Gasteiger partial charge in [0, 0.05) is 18.2 Å². The van der Waals surface area contributed by atoms with E-state index in [1.807, 2.05) is 0 Å². The summed E-state index contributed by atoms with van der Waals surface area (Å²) in [7, 11) is -1.66. The van der Waals surface area contributed by atoms with Crippen LogP contribution in [0.3, 0.4) is 0 Å². The lowest BCUT2D eigenvalue weighted by Gasteiger charge is -2.31. The maximum atomic E-state index is 12.5. The van der Waals surface area contributed by atoms with Gasteiger partial charge < -0.3 is 31.9 Å². The lowest BCUT2D eigenvalue weighted by Crippen LogP contribution is -2.88. The summed E-state index contributed by atoms with van der Waals surface area (Å²) in [6, 6.07) is -2.65. The van der Waals surface area contributed by atoms with Crippen LogP contribution in [-0.4, -0.2) is 85.7 Å². The quantitative estimate of drug-likeness (QED) is 0.216. The van der Waals surface area contributed by atoms with E-state index in [9.17, 15) is 33.0 Å². The number of carbonyl (C=O) groups is 3. The summed E-state index contributed by atoms with van der Waals surface area (Å²) in [4.78, 5) is 36.0. The average Bonchev–Trinajstić information content (AvgIpc) is 2.59. The fraction of sp³-hybridized carbons (Fsp3) is 0.688. The Labute approximate surface area is 163 Å². The molecular formula is C16H29N4O7S+. The van der Waals surface area contributed by atoms with E-state index in [4.69, 9.17) is 5.73 Å². The molecule has 12 heteroatoms. The summed E-state index contributed by atoms with van der Waals surface area (Å²) in [6.07, 6.45) is -0.700. The van der Waals surface area contributed by atoms with Gasteiger partial charge in [0.2, 0.25) is 11.8 Å². The number of nitrogens with one attached hydrogen (secondary N) is 2. The number of aliphatic hydroxyl groups excluding tert-OH is 2. The van der Waals surface area contributed by atoms with Crippen molar-refractivity contribution in [2.75, 3.05) is 19.1 Å². The van der Waals surface area contributed by atoms with Crippen molar-refractivity contribution < 1.29 is 38.3 Å². The molecule has 1 rings (SSSR count). The SMILES string of the molecule is C[NH2+][C@@H](C)C(=O)N[C@@H]1C=C(C(=O)N[C@@H](CCS(C)(=O)=O)C(N)=O)C[C@@H](O)[C@@H]1O.